The molecule has 0 aromatic heterocycles. The molecule has 0 radical (unpaired) electrons. The summed E-state index contributed by atoms with van der Waals surface area (Å²) in [4.78, 5) is 0.286. The highest BCUT2D eigenvalue weighted by Crippen LogP contribution is 2.14. The Bertz CT molecular complexity index is 718. The van der Waals surface area contributed by atoms with Crippen molar-refractivity contribution in [3.63, 3.8) is 0 Å². The SMILES string of the molecule is N#Cc1cccc(OCCS(=O)(=O)c2ccccc2)c1. The van der Waals surface area contributed by atoms with Crippen molar-refractivity contribution >= 4 is 9.84 Å². The van der Waals surface area contributed by atoms with Gasteiger partial charge in [0.1, 0.15) is 12.4 Å². The molecule has 0 heterocycles. The molecular formula is C15H13NO3S. The predicted molar refractivity (Wildman–Crippen MR) is 75.1 cm³/mol. The molecule has 4 nitrogen and oxygen atoms in total. The van der Waals surface area contributed by atoms with E-state index in [1.165, 1.54) is 0 Å². The molecule has 0 aliphatic heterocycles. The Hall–Kier alpha value is -2.32. The second kappa shape index (κ2) is 6.22. The van der Waals surface area contributed by atoms with Crippen molar-refractivity contribution in [1.82, 2.24) is 0 Å². The highest BCUT2D eigenvalue weighted by molar-refractivity contribution is 7.91. The van der Waals surface area contributed by atoms with E-state index in [0.29, 0.717) is 11.3 Å². The molecule has 20 heavy (non-hydrogen) atoms. The largest absolute Gasteiger partial charge is 0.492 e. The first-order chi connectivity index (χ1) is 9.62. The van der Waals surface area contributed by atoms with Gasteiger partial charge < -0.3 is 4.74 Å². The minimum atomic E-state index is -3.34. The fourth-order valence-corrected chi connectivity index (χ4v) is 2.78. The minimum absolute atomic E-state index is 0.0477. The molecular weight excluding hydrogens is 274 g/mol. The Balaban J connectivity index is 1.98. The van der Waals surface area contributed by atoms with Crippen molar-refractivity contribution in [2.45, 2.75) is 4.90 Å². The van der Waals surface area contributed by atoms with Crippen molar-refractivity contribution in [3.8, 4) is 11.8 Å². The lowest BCUT2D eigenvalue weighted by atomic mass is 10.2. The van der Waals surface area contributed by atoms with Crippen LogP contribution in [0.5, 0.6) is 5.75 Å². The van der Waals surface area contributed by atoms with Crippen molar-refractivity contribution in [2.24, 2.45) is 0 Å². The van der Waals surface area contributed by atoms with Gasteiger partial charge in [0.05, 0.1) is 22.3 Å². The third-order valence-corrected chi connectivity index (χ3v) is 4.38. The Kier molecular flexibility index (Phi) is 4.38. The second-order valence-electron chi connectivity index (χ2n) is 4.12. The molecule has 2 aromatic carbocycles. The summed E-state index contributed by atoms with van der Waals surface area (Å²) in [7, 11) is -3.34. The second-order valence-corrected chi connectivity index (χ2v) is 6.23. The number of nitrogens with zero attached hydrogens (tertiary/aromatic N) is 1. The summed E-state index contributed by atoms with van der Waals surface area (Å²) in [6, 6.07) is 16.9. The van der Waals surface area contributed by atoms with Gasteiger partial charge in [-0.05, 0) is 30.3 Å². The first kappa shape index (κ1) is 14.1. The molecule has 0 spiro atoms. The number of sulfone groups is 1. The summed E-state index contributed by atoms with van der Waals surface area (Å²) in [6.07, 6.45) is 0. The van der Waals surface area contributed by atoms with Crippen LogP contribution in [-0.2, 0) is 9.84 Å². The number of benzene rings is 2. The monoisotopic (exact) mass is 287 g/mol. The Morgan fingerprint density at radius 1 is 1.05 bits per heavy atom. The van der Waals surface area contributed by atoms with Crippen molar-refractivity contribution in [2.75, 3.05) is 12.4 Å². The topological polar surface area (TPSA) is 67.2 Å². The average Bonchev–Trinajstić information content (AvgIpc) is 2.48. The molecule has 0 saturated carbocycles. The molecule has 0 fully saturated rings. The zero-order valence-corrected chi connectivity index (χ0v) is 11.5. The van der Waals surface area contributed by atoms with Crippen molar-refractivity contribution in [3.05, 3.63) is 60.2 Å². The van der Waals surface area contributed by atoms with Gasteiger partial charge in [-0.25, -0.2) is 8.42 Å². The van der Waals surface area contributed by atoms with E-state index in [1.54, 1.807) is 54.6 Å². The van der Waals surface area contributed by atoms with Crippen LogP contribution < -0.4 is 4.74 Å². The van der Waals surface area contributed by atoms with Gasteiger partial charge in [-0.3, -0.25) is 0 Å². The lowest BCUT2D eigenvalue weighted by molar-refractivity contribution is 0.341. The predicted octanol–water partition coefficient (Wildman–Crippen LogP) is 2.41. The average molecular weight is 287 g/mol. The van der Waals surface area contributed by atoms with E-state index in [2.05, 4.69) is 0 Å². The van der Waals surface area contributed by atoms with Gasteiger partial charge in [-0.1, -0.05) is 24.3 Å². The van der Waals surface area contributed by atoms with Crippen molar-refractivity contribution < 1.29 is 13.2 Å². The molecule has 0 aliphatic carbocycles. The van der Waals surface area contributed by atoms with E-state index < -0.39 is 9.84 Å². The van der Waals surface area contributed by atoms with Crippen LogP contribution in [0.25, 0.3) is 0 Å². The fraction of sp³-hybridized carbons (Fsp3) is 0.133. The maximum Gasteiger partial charge on any atom is 0.181 e. The van der Waals surface area contributed by atoms with Gasteiger partial charge >= 0.3 is 0 Å². The van der Waals surface area contributed by atoms with E-state index in [0.717, 1.165) is 0 Å². The Labute approximate surface area is 118 Å². The molecule has 0 N–H and O–H groups in total. The molecule has 0 unspecified atom stereocenters. The van der Waals surface area contributed by atoms with E-state index in [1.807, 2.05) is 6.07 Å². The maximum atomic E-state index is 12.0. The van der Waals surface area contributed by atoms with Crippen LogP contribution in [0.15, 0.2) is 59.5 Å². The smallest absolute Gasteiger partial charge is 0.181 e. The van der Waals surface area contributed by atoms with Crippen LogP contribution in [-0.4, -0.2) is 20.8 Å². The Morgan fingerprint density at radius 3 is 2.50 bits per heavy atom. The lowest BCUT2D eigenvalue weighted by Crippen LogP contribution is -2.14. The number of rotatable bonds is 5. The third kappa shape index (κ3) is 3.59. The maximum absolute atomic E-state index is 12.0. The molecule has 0 aliphatic rings. The zero-order chi connectivity index (χ0) is 14.4. The zero-order valence-electron chi connectivity index (χ0n) is 10.7. The number of nitriles is 1. The van der Waals surface area contributed by atoms with E-state index in [4.69, 9.17) is 10.00 Å². The first-order valence-electron chi connectivity index (χ1n) is 6.02. The summed E-state index contributed by atoms with van der Waals surface area (Å²) in [5, 5.41) is 8.76. The summed E-state index contributed by atoms with van der Waals surface area (Å²) < 4.78 is 29.4. The Morgan fingerprint density at radius 2 is 1.80 bits per heavy atom. The molecule has 0 bridgehead atoms. The van der Waals surface area contributed by atoms with Gasteiger partial charge in [-0.2, -0.15) is 5.26 Å². The molecule has 2 rings (SSSR count). The van der Waals surface area contributed by atoms with E-state index in [9.17, 15) is 8.42 Å². The molecule has 0 atom stereocenters. The minimum Gasteiger partial charge on any atom is -0.492 e. The summed E-state index contributed by atoms with van der Waals surface area (Å²) in [5.41, 5.74) is 0.480. The van der Waals surface area contributed by atoms with E-state index >= 15 is 0 Å². The van der Waals surface area contributed by atoms with Gasteiger partial charge in [0.25, 0.3) is 0 Å². The van der Waals surface area contributed by atoms with Gasteiger partial charge in [0.2, 0.25) is 0 Å². The molecule has 2 aromatic rings. The molecule has 102 valence electrons. The number of hydrogen-bond donors (Lipinski definition) is 0. The van der Waals surface area contributed by atoms with Crippen LogP contribution >= 0.6 is 0 Å². The van der Waals surface area contributed by atoms with E-state index in [-0.39, 0.29) is 17.3 Å². The normalized spacial score (nSPS) is 10.8. The van der Waals surface area contributed by atoms with Gasteiger partial charge in [0.15, 0.2) is 9.84 Å². The summed E-state index contributed by atoms with van der Waals surface area (Å²) in [6.45, 7) is 0.0477. The molecule has 0 saturated heterocycles. The molecule has 0 amide bonds. The summed E-state index contributed by atoms with van der Waals surface area (Å²) in [5.74, 6) is 0.390. The van der Waals surface area contributed by atoms with Gasteiger partial charge in [0, 0.05) is 0 Å². The standard InChI is InChI=1S/C15H13NO3S/c16-12-13-5-4-6-14(11-13)19-9-10-20(17,18)15-7-2-1-3-8-15/h1-8,11H,9-10H2. The van der Waals surface area contributed by atoms with Crippen LogP contribution in [0, 0.1) is 11.3 Å². The number of hydrogen-bond acceptors (Lipinski definition) is 4. The highest BCUT2D eigenvalue weighted by atomic mass is 32.2. The van der Waals surface area contributed by atoms with Crippen LogP contribution in [0.1, 0.15) is 5.56 Å². The fourth-order valence-electron chi connectivity index (χ4n) is 1.67. The molecule has 5 heteroatoms. The summed E-state index contributed by atoms with van der Waals surface area (Å²) >= 11 is 0. The van der Waals surface area contributed by atoms with Crippen LogP contribution in [0.2, 0.25) is 0 Å². The first-order valence-corrected chi connectivity index (χ1v) is 7.68. The van der Waals surface area contributed by atoms with Crippen molar-refractivity contribution in [1.29, 1.82) is 5.26 Å². The van der Waals surface area contributed by atoms with Crippen LogP contribution in [0.4, 0.5) is 0 Å². The van der Waals surface area contributed by atoms with Crippen LogP contribution in [0.3, 0.4) is 0 Å². The highest BCUT2D eigenvalue weighted by Gasteiger charge is 2.13. The lowest BCUT2D eigenvalue weighted by Gasteiger charge is -2.07. The quantitative estimate of drug-likeness (QED) is 0.847. The number of ether oxygens (including phenoxy) is 1. The van der Waals surface area contributed by atoms with Gasteiger partial charge in [-0.15, -0.1) is 0 Å². The third-order valence-electron chi connectivity index (χ3n) is 2.69.